The predicted molar refractivity (Wildman–Crippen MR) is 105 cm³/mol. The van der Waals surface area contributed by atoms with E-state index < -0.39 is 5.97 Å². The number of hydrogen-bond donors (Lipinski definition) is 1. The second-order valence-electron chi connectivity index (χ2n) is 6.19. The fraction of sp³-hybridized carbons (Fsp3) is 0.227. The Labute approximate surface area is 158 Å². The number of aromatic carboxylic acids is 1. The van der Waals surface area contributed by atoms with Gasteiger partial charge in [0.1, 0.15) is 0 Å². The molecule has 0 aliphatic carbocycles. The lowest BCUT2D eigenvalue weighted by Crippen LogP contribution is -2.04. The van der Waals surface area contributed by atoms with Crippen molar-refractivity contribution < 1.29 is 19.4 Å². The van der Waals surface area contributed by atoms with Crippen LogP contribution in [0.1, 0.15) is 28.5 Å². The molecule has 1 heterocycles. The van der Waals surface area contributed by atoms with Crippen molar-refractivity contribution in [3.63, 3.8) is 0 Å². The van der Waals surface area contributed by atoms with Crippen LogP contribution >= 0.6 is 0 Å². The van der Waals surface area contributed by atoms with Crippen LogP contribution in [0, 0.1) is 6.92 Å². The molecule has 0 spiro atoms. The Morgan fingerprint density at radius 3 is 2.26 bits per heavy atom. The summed E-state index contributed by atoms with van der Waals surface area (Å²) in [6, 6.07) is 15.2. The number of aromatic nitrogens is 1. The Morgan fingerprint density at radius 2 is 1.70 bits per heavy atom. The van der Waals surface area contributed by atoms with Crippen molar-refractivity contribution in [1.82, 2.24) is 4.57 Å². The molecule has 0 fully saturated rings. The fourth-order valence-electron chi connectivity index (χ4n) is 3.56. The SMILES string of the molecule is CCc1c(C(=O)O)c(-c2ccccc2)n(-c2ccc(OC)c(OC)c2)c1C. The van der Waals surface area contributed by atoms with E-state index in [0.717, 1.165) is 22.5 Å². The molecule has 0 saturated heterocycles. The third kappa shape index (κ3) is 3.16. The van der Waals surface area contributed by atoms with E-state index in [2.05, 4.69) is 0 Å². The van der Waals surface area contributed by atoms with E-state index in [1.165, 1.54) is 0 Å². The van der Waals surface area contributed by atoms with Crippen LogP contribution in [0.15, 0.2) is 48.5 Å². The van der Waals surface area contributed by atoms with Crippen LogP contribution in [0.4, 0.5) is 0 Å². The van der Waals surface area contributed by atoms with Crippen molar-refractivity contribution in [3.8, 4) is 28.4 Å². The van der Waals surface area contributed by atoms with E-state index in [0.29, 0.717) is 29.2 Å². The Bertz CT molecular complexity index is 974. The molecule has 0 radical (unpaired) electrons. The highest BCUT2D eigenvalue weighted by Crippen LogP contribution is 2.37. The van der Waals surface area contributed by atoms with Crippen molar-refractivity contribution in [1.29, 1.82) is 0 Å². The Morgan fingerprint density at radius 1 is 1.04 bits per heavy atom. The smallest absolute Gasteiger partial charge is 0.338 e. The largest absolute Gasteiger partial charge is 0.493 e. The van der Waals surface area contributed by atoms with Crippen molar-refractivity contribution in [2.75, 3.05) is 14.2 Å². The molecule has 5 nitrogen and oxygen atoms in total. The molecular formula is C22H23NO4. The molecule has 0 atom stereocenters. The molecule has 0 aliphatic heterocycles. The van der Waals surface area contributed by atoms with E-state index in [4.69, 9.17) is 9.47 Å². The second-order valence-corrected chi connectivity index (χ2v) is 6.19. The van der Waals surface area contributed by atoms with Gasteiger partial charge in [-0.2, -0.15) is 0 Å². The van der Waals surface area contributed by atoms with Crippen molar-refractivity contribution in [2.45, 2.75) is 20.3 Å². The van der Waals surface area contributed by atoms with Gasteiger partial charge in [0, 0.05) is 17.4 Å². The summed E-state index contributed by atoms with van der Waals surface area (Å²) >= 11 is 0. The molecule has 2 aromatic carbocycles. The summed E-state index contributed by atoms with van der Waals surface area (Å²) in [4.78, 5) is 12.1. The molecule has 0 bridgehead atoms. The lowest BCUT2D eigenvalue weighted by Gasteiger charge is -2.15. The lowest BCUT2D eigenvalue weighted by molar-refractivity contribution is 0.0696. The first-order valence-corrected chi connectivity index (χ1v) is 8.78. The predicted octanol–water partition coefficient (Wildman–Crippen LogP) is 4.73. The van der Waals surface area contributed by atoms with Gasteiger partial charge in [0.15, 0.2) is 11.5 Å². The molecule has 1 N–H and O–H groups in total. The maximum atomic E-state index is 12.1. The molecule has 27 heavy (non-hydrogen) atoms. The standard InChI is InChI=1S/C22H23NO4/c1-5-17-14(2)23(16-11-12-18(26-3)19(13-16)27-4)21(20(17)22(24)25)15-9-7-6-8-10-15/h6-13H,5H2,1-4H3,(H,24,25). The fourth-order valence-corrected chi connectivity index (χ4v) is 3.56. The number of nitrogens with zero attached hydrogens (tertiary/aromatic N) is 1. The van der Waals surface area contributed by atoms with Crippen LogP contribution < -0.4 is 9.47 Å². The maximum absolute atomic E-state index is 12.1. The minimum absolute atomic E-state index is 0.344. The molecule has 3 aromatic rings. The van der Waals surface area contributed by atoms with E-state index in [1.807, 2.05) is 66.9 Å². The van der Waals surface area contributed by atoms with Crippen LogP contribution in [0.3, 0.4) is 0 Å². The maximum Gasteiger partial charge on any atom is 0.338 e. The number of carboxylic acid groups (broad SMARTS) is 1. The Balaban J connectivity index is 2.38. The molecule has 3 rings (SSSR count). The molecule has 0 amide bonds. The van der Waals surface area contributed by atoms with Crippen LogP contribution in [-0.2, 0) is 6.42 Å². The highest BCUT2D eigenvalue weighted by molar-refractivity contribution is 5.98. The van der Waals surface area contributed by atoms with Gasteiger partial charge in [0.25, 0.3) is 0 Å². The molecule has 5 heteroatoms. The number of rotatable bonds is 6. The van der Waals surface area contributed by atoms with Crippen LogP contribution in [-0.4, -0.2) is 29.9 Å². The summed E-state index contributed by atoms with van der Waals surface area (Å²) in [5.74, 6) is 0.298. The lowest BCUT2D eigenvalue weighted by atomic mass is 10.0. The highest BCUT2D eigenvalue weighted by atomic mass is 16.5. The van der Waals surface area contributed by atoms with Crippen molar-refractivity contribution in [2.24, 2.45) is 0 Å². The number of carboxylic acids is 1. The summed E-state index contributed by atoms with van der Waals surface area (Å²) < 4.78 is 12.8. The van der Waals surface area contributed by atoms with Gasteiger partial charge >= 0.3 is 5.97 Å². The summed E-state index contributed by atoms with van der Waals surface area (Å²) in [5, 5.41) is 9.95. The van der Waals surface area contributed by atoms with E-state index in [-0.39, 0.29) is 0 Å². The zero-order valence-corrected chi connectivity index (χ0v) is 15.9. The number of ether oxygens (including phenoxy) is 2. The van der Waals surface area contributed by atoms with Gasteiger partial charge in [0.05, 0.1) is 25.5 Å². The molecule has 1 aromatic heterocycles. The number of methoxy groups -OCH3 is 2. The molecule has 140 valence electrons. The van der Waals surface area contributed by atoms with Gasteiger partial charge in [-0.3, -0.25) is 0 Å². The second kappa shape index (κ2) is 7.58. The van der Waals surface area contributed by atoms with Crippen LogP contribution in [0.2, 0.25) is 0 Å². The van der Waals surface area contributed by atoms with Gasteiger partial charge < -0.3 is 19.1 Å². The van der Waals surface area contributed by atoms with Gasteiger partial charge in [-0.1, -0.05) is 37.3 Å². The number of benzene rings is 2. The monoisotopic (exact) mass is 365 g/mol. The first-order valence-electron chi connectivity index (χ1n) is 8.78. The number of hydrogen-bond acceptors (Lipinski definition) is 3. The third-order valence-corrected chi connectivity index (χ3v) is 4.77. The average Bonchev–Trinajstić information content (AvgIpc) is 3.00. The van der Waals surface area contributed by atoms with Crippen LogP contribution in [0.5, 0.6) is 11.5 Å². The van der Waals surface area contributed by atoms with Gasteiger partial charge in [-0.15, -0.1) is 0 Å². The minimum Gasteiger partial charge on any atom is -0.493 e. The summed E-state index contributed by atoms with van der Waals surface area (Å²) in [6.07, 6.45) is 0.633. The third-order valence-electron chi connectivity index (χ3n) is 4.77. The zero-order valence-electron chi connectivity index (χ0n) is 15.9. The van der Waals surface area contributed by atoms with Crippen molar-refractivity contribution in [3.05, 3.63) is 65.4 Å². The number of carbonyl (C=O) groups is 1. The molecule has 0 saturated carbocycles. The Hall–Kier alpha value is -3.21. The average molecular weight is 365 g/mol. The first kappa shape index (κ1) is 18.6. The summed E-state index contributed by atoms with van der Waals surface area (Å²) in [5.41, 5.74) is 4.43. The van der Waals surface area contributed by atoms with Crippen molar-refractivity contribution >= 4 is 5.97 Å². The minimum atomic E-state index is -0.923. The van der Waals surface area contributed by atoms with E-state index >= 15 is 0 Å². The van der Waals surface area contributed by atoms with Gasteiger partial charge in [0.2, 0.25) is 0 Å². The highest BCUT2D eigenvalue weighted by Gasteiger charge is 2.26. The van der Waals surface area contributed by atoms with E-state index in [1.54, 1.807) is 14.2 Å². The topological polar surface area (TPSA) is 60.7 Å². The van der Waals surface area contributed by atoms with Gasteiger partial charge in [-0.25, -0.2) is 4.79 Å². The summed E-state index contributed by atoms with van der Waals surface area (Å²) in [6.45, 7) is 3.93. The van der Waals surface area contributed by atoms with Crippen LogP contribution in [0.25, 0.3) is 16.9 Å². The van der Waals surface area contributed by atoms with Gasteiger partial charge in [-0.05, 0) is 36.6 Å². The quantitative estimate of drug-likeness (QED) is 0.686. The molecule has 0 aliphatic rings. The normalized spacial score (nSPS) is 10.7. The molecule has 0 unspecified atom stereocenters. The molecular weight excluding hydrogens is 342 g/mol. The first-order chi connectivity index (χ1) is 13.0. The summed E-state index contributed by atoms with van der Waals surface area (Å²) in [7, 11) is 3.17. The Kier molecular flexibility index (Phi) is 5.21. The van der Waals surface area contributed by atoms with E-state index in [9.17, 15) is 9.90 Å². The zero-order chi connectivity index (χ0) is 19.6.